The summed E-state index contributed by atoms with van der Waals surface area (Å²) in [6, 6.07) is 0.368. The zero-order valence-corrected chi connectivity index (χ0v) is 15.1. The van der Waals surface area contributed by atoms with Gasteiger partial charge in [-0.25, -0.2) is 9.59 Å². The molecule has 23 heavy (non-hydrogen) atoms. The van der Waals surface area contributed by atoms with Crippen LogP contribution in [0, 0.1) is 0 Å². The molecule has 1 fully saturated rings. The summed E-state index contributed by atoms with van der Waals surface area (Å²) < 4.78 is 10.3. The van der Waals surface area contributed by atoms with E-state index in [0.717, 1.165) is 12.8 Å². The van der Waals surface area contributed by atoms with Crippen molar-refractivity contribution in [3.63, 3.8) is 0 Å². The third-order valence-corrected chi connectivity index (χ3v) is 3.61. The molecule has 1 saturated heterocycles. The van der Waals surface area contributed by atoms with E-state index in [0.29, 0.717) is 38.8 Å². The smallest absolute Gasteiger partial charge is 0.410 e. The molecule has 0 bridgehead atoms. The van der Waals surface area contributed by atoms with Crippen molar-refractivity contribution in [1.29, 1.82) is 0 Å². The molecule has 1 aliphatic heterocycles. The molecule has 1 aliphatic rings. The number of rotatable bonds is 5. The lowest BCUT2D eigenvalue weighted by Gasteiger charge is -2.32. The Morgan fingerprint density at radius 3 is 2.39 bits per heavy atom. The second-order valence-electron chi connectivity index (χ2n) is 6.82. The second-order valence-corrected chi connectivity index (χ2v) is 6.82. The Labute approximate surface area is 139 Å². The van der Waals surface area contributed by atoms with Gasteiger partial charge in [0.25, 0.3) is 0 Å². The van der Waals surface area contributed by atoms with Crippen molar-refractivity contribution >= 4 is 12.2 Å². The van der Waals surface area contributed by atoms with Gasteiger partial charge in [0.1, 0.15) is 5.60 Å². The summed E-state index contributed by atoms with van der Waals surface area (Å²) in [7, 11) is 1.74. The molecule has 0 saturated carbocycles. The lowest BCUT2D eigenvalue weighted by molar-refractivity contribution is 0.0297. The van der Waals surface area contributed by atoms with Crippen LogP contribution in [0.1, 0.15) is 40.5 Å². The number of carbonyl (C=O) groups excluding carboxylic acids is 2. The van der Waals surface area contributed by atoms with Gasteiger partial charge < -0.3 is 24.6 Å². The standard InChI is InChI=1S/C16H31N3O4/c1-6-22-15(21)19-10-7-13(8-11-19)17-9-12-18(5)14(20)23-16(2,3)4/h13,17H,6-12H2,1-5H3. The van der Waals surface area contributed by atoms with Crippen molar-refractivity contribution < 1.29 is 19.1 Å². The number of carbonyl (C=O) groups is 2. The van der Waals surface area contributed by atoms with E-state index >= 15 is 0 Å². The molecule has 2 amide bonds. The molecule has 0 atom stereocenters. The van der Waals surface area contributed by atoms with Gasteiger partial charge >= 0.3 is 12.2 Å². The van der Waals surface area contributed by atoms with E-state index in [-0.39, 0.29) is 12.2 Å². The second kappa shape index (κ2) is 8.96. The first kappa shape index (κ1) is 19.5. The van der Waals surface area contributed by atoms with Crippen molar-refractivity contribution in [2.75, 3.05) is 39.8 Å². The molecule has 7 nitrogen and oxygen atoms in total. The predicted molar refractivity (Wildman–Crippen MR) is 88.5 cm³/mol. The minimum absolute atomic E-state index is 0.226. The lowest BCUT2D eigenvalue weighted by atomic mass is 10.1. The fourth-order valence-corrected chi connectivity index (χ4v) is 2.35. The van der Waals surface area contributed by atoms with E-state index in [9.17, 15) is 9.59 Å². The van der Waals surface area contributed by atoms with Crippen LogP contribution in [0.5, 0.6) is 0 Å². The van der Waals surface area contributed by atoms with Gasteiger partial charge in [0.05, 0.1) is 6.61 Å². The molecule has 0 aromatic rings. The zero-order chi connectivity index (χ0) is 17.5. The molecule has 0 spiro atoms. The molecule has 1 heterocycles. The van der Waals surface area contributed by atoms with Crippen LogP contribution in [0.4, 0.5) is 9.59 Å². The quantitative estimate of drug-likeness (QED) is 0.836. The van der Waals surface area contributed by atoms with E-state index in [1.54, 1.807) is 16.8 Å². The van der Waals surface area contributed by atoms with Crippen LogP contribution in [0.15, 0.2) is 0 Å². The maximum Gasteiger partial charge on any atom is 0.410 e. The summed E-state index contributed by atoms with van der Waals surface area (Å²) in [4.78, 5) is 26.8. The molecule has 0 aliphatic carbocycles. The van der Waals surface area contributed by atoms with Crippen LogP contribution in [0.2, 0.25) is 0 Å². The van der Waals surface area contributed by atoms with Gasteiger partial charge in [-0.1, -0.05) is 0 Å². The van der Waals surface area contributed by atoms with Crippen LogP contribution in [0.3, 0.4) is 0 Å². The summed E-state index contributed by atoms with van der Waals surface area (Å²) in [5.41, 5.74) is -0.474. The van der Waals surface area contributed by atoms with Crippen LogP contribution >= 0.6 is 0 Å². The first-order valence-electron chi connectivity index (χ1n) is 8.32. The van der Waals surface area contributed by atoms with Crippen LogP contribution in [-0.2, 0) is 9.47 Å². The third kappa shape index (κ3) is 7.54. The van der Waals surface area contributed by atoms with E-state index in [1.807, 2.05) is 27.7 Å². The summed E-state index contributed by atoms with van der Waals surface area (Å²) >= 11 is 0. The topological polar surface area (TPSA) is 71.1 Å². The molecule has 1 N–H and O–H groups in total. The third-order valence-electron chi connectivity index (χ3n) is 3.61. The van der Waals surface area contributed by atoms with Crippen LogP contribution < -0.4 is 5.32 Å². The Balaban J connectivity index is 2.20. The number of piperidine rings is 1. The maximum atomic E-state index is 11.8. The number of ether oxygens (including phenoxy) is 2. The SMILES string of the molecule is CCOC(=O)N1CCC(NCCN(C)C(=O)OC(C)(C)C)CC1. The van der Waals surface area contributed by atoms with E-state index < -0.39 is 5.60 Å². The van der Waals surface area contributed by atoms with Crippen molar-refractivity contribution in [2.24, 2.45) is 0 Å². The van der Waals surface area contributed by atoms with Gasteiger partial charge in [-0.15, -0.1) is 0 Å². The molecule has 0 unspecified atom stereocenters. The average Bonchev–Trinajstić information content (AvgIpc) is 2.46. The highest BCUT2D eigenvalue weighted by Gasteiger charge is 2.23. The Hall–Kier alpha value is -1.50. The first-order valence-corrected chi connectivity index (χ1v) is 8.32. The van der Waals surface area contributed by atoms with Crippen molar-refractivity contribution in [3.05, 3.63) is 0 Å². The Morgan fingerprint density at radius 2 is 1.87 bits per heavy atom. The summed E-state index contributed by atoms with van der Waals surface area (Å²) in [5, 5.41) is 3.43. The number of amides is 2. The first-order chi connectivity index (χ1) is 10.7. The molecular formula is C16H31N3O4. The molecule has 7 heteroatoms. The fourth-order valence-electron chi connectivity index (χ4n) is 2.35. The largest absolute Gasteiger partial charge is 0.450 e. The molecular weight excluding hydrogens is 298 g/mol. The molecule has 0 aromatic carbocycles. The number of likely N-dealkylation sites (tertiary alicyclic amines) is 1. The molecule has 0 aromatic heterocycles. The number of hydrogen-bond acceptors (Lipinski definition) is 5. The minimum atomic E-state index is -0.474. The van der Waals surface area contributed by atoms with Gasteiger partial charge in [-0.3, -0.25) is 0 Å². The Bertz CT molecular complexity index is 387. The zero-order valence-electron chi connectivity index (χ0n) is 15.1. The minimum Gasteiger partial charge on any atom is -0.450 e. The van der Waals surface area contributed by atoms with Crippen LogP contribution in [0.25, 0.3) is 0 Å². The molecule has 0 radical (unpaired) electrons. The Morgan fingerprint density at radius 1 is 1.26 bits per heavy atom. The average molecular weight is 329 g/mol. The van der Waals surface area contributed by atoms with Crippen LogP contribution in [-0.4, -0.2) is 73.5 Å². The van der Waals surface area contributed by atoms with E-state index in [2.05, 4.69) is 5.32 Å². The van der Waals surface area contributed by atoms with Gasteiger partial charge in [0, 0.05) is 39.3 Å². The predicted octanol–water partition coefficient (Wildman–Crippen LogP) is 2.06. The monoisotopic (exact) mass is 329 g/mol. The maximum absolute atomic E-state index is 11.8. The summed E-state index contributed by atoms with van der Waals surface area (Å²) in [6.07, 6.45) is 1.26. The highest BCUT2D eigenvalue weighted by molar-refractivity contribution is 5.68. The van der Waals surface area contributed by atoms with E-state index in [1.165, 1.54) is 0 Å². The van der Waals surface area contributed by atoms with Crippen molar-refractivity contribution in [2.45, 2.75) is 52.2 Å². The van der Waals surface area contributed by atoms with Gasteiger partial charge in [-0.2, -0.15) is 0 Å². The van der Waals surface area contributed by atoms with E-state index in [4.69, 9.17) is 9.47 Å². The normalized spacial score (nSPS) is 16.1. The number of hydrogen-bond donors (Lipinski definition) is 1. The number of nitrogens with zero attached hydrogens (tertiary/aromatic N) is 2. The van der Waals surface area contributed by atoms with Gasteiger partial charge in [-0.05, 0) is 40.5 Å². The fraction of sp³-hybridized carbons (Fsp3) is 0.875. The van der Waals surface area contributed by atoms with Gasteiger partial charge in [0.2, 0.25) is 0 Å². The number of likely N-dealkylation sites (N-methyl/N-ethyl adjacent to an activating group) is 1. The summed E-state index contributed by atoms with van der Waals surface area (Å²) in [5.74, 6) is 0. The van der Waals surface area contributed by atoms with Crippen molar-refractivity contribution in [1.82, 2.24) is 15.1 Å². The molecule has 1 rings (SSSR count). The highest BCUT2D eigenvalue weighted by atomic mass is 16.6. The van der Waals surface area contributed by atoms with Crippen molar-refractivity contribution in [3.8, 4) is 0 Å². The van der Waals surface area contributed by atoms with Gasteiger partial charge in [0.15, 0.2) is 0 Å². The Kier molecular flexibility index (Phi) is 7.61. The molecule has 134 valence electrons. The number of nitrogens with one attached hydrogen (secondary N) is 1. The highest BCUT2D eigenvalue weighted by Crippen LogP contribution is 2.12. The lowest BCUT2D eigenvalue weighted by Crippen LogP contribution is -2.47. The summed E-state index contributed by atoms with van der Waals surface area (Å²) in [6.45, 7) is 10.5.